The summed E-state index contributed by atoms with van der Waals surface area (Å²) in [6.45, 7) is 0. The van der Waals surface area contributed by atoms with Gasteiger partial charge in [0.2, 0.25) is 0 Å². The van der Waals surface area contributed by atoms with Crippen LogP contribution < -0.4 is 4.90 Å². The first kappa shape index (κ1) is 20.8. The van der Waals surface area contributed by atoms with Crippen LogP contribution in [0.25, 0.3) is 11.1 Å². The molecule has 30 heavy (non-hydrogen) atoms. The van der Waals surface area contributed by atoms with Crippen LogP contribution in [-0.4, -0.2) is 44.3 Å². The summed E-state index contributed by atoms with van der Waals surface area (Å²) in [4.78, 5) is 2.07. The third-order valence-corrected chi connectivity index (χ3v) is 5.02. The lowest BCUT2D eigenvalue weighted by atomic mass is 9.89. The molecule has 3 rings (SSSR count). The van der Waals surface area contributed by atoms with E-state index in [2.05, 4.69) is 70.0 Å². The summed E-state index contributed by atoms with van der Waals surface area (Å²) in [5.41, 5.74) is 7.43. The molecule has 0 heterocycles. The fraction of sp³-hybridized carbons (Fsp3) is 0.154. The molecule has 148 valence electrons. The molecule has 0 bridgehead atoms. The third-order valence-electron chi connectivity index (χ3n) is 5.02. The molecule has 2 aromatic carbocycles. The second-order valence-electron chi connectivity index (χ2n) is 7.45. The second-order valence-corrected chi connectivity index (χ2v) is 7.45. The van der Waals surface area contributed by atoms with Gasteiger partial charge < -0.3 is 4.90 Å². The molecule has 1 aliphatic carbocycles. The van der Waals surface area contributed by atoms with E-state index in [1.807, 2.05) is 52.5 Å². The monoisotopic (exact) mass is 393 g/mol. The Morgan fingerprint density at radius 2 is 1.53 bits per heavy atom. The molecule has 0 saturated carbocycles. The molecule has 1 N–H and O–H groups in total. The number of nitrogens with zero attached hydrogens (tertiary/aromatic N) is 3. The van der Waals surface area contributed by atoms with Gasteiger partial charge in [0.05, 0.1) is 0 Å². The van der Waals surface area contributed by atoms with Crippen molar-refractivity contribution >= 4 is 28.4 Å². The smallest absolute Gasteiger partial charge is 0.199 e. The molecule has 0 unspecified atom stereocenters. The van der Waals surface area contributed by atoms with E-state index in [1.165, 1.54) is 0 Å². The summed E-state index contributed by atoms with van der Waals surface area (Å²) >= 11 is 0. The van der Waals surface area contributed by atoms with Gasteiger partial charge in [-0.25, -0.2) is 4.58 Å². The minimum atomic E-state index is 0.224. The summed E-state index contributed by atoms with van der Waals surface area (Å²) in [5, 5.41) is 16.7. The first-order valence-corrected chi connectivity index (χ1v) is 9.67. The Kier molecular flexibility index (Phi) is 6.27. The Hall–Kier alpha value is -3.93. The first-order valence-electron chi connectivity index (χ1n) is 9.67. The normalized spacial score (nSPS) is 12.2. The maximum atomic E-state index is 9.32. The zero-order valence-corrected chi connectivity index (χ0v) is 17.8. The number of allylic oxidation sites excluding steroid dienone is 6. The molecule has 0 fully saturated rings. The van der Waals surface area contributed by atoms with Crippen molar-refractivity contribution in [2.75, 3.05) is 33.1 Å². The number of benzene rings is 2. The van der Waals surface area contributed by atoms with Crippen LogP contribution in [0.2, 0.25) is 0 Å². The lowest BCUT2D eigenvalue weighted by molar-refractivity contribution is -0.462. The topological polar surface area (TPSA) is 53.9 Å². The van der Waals surface area contributed by atoms with Gasteiger partial charge in [-0.2, -0.15) is 5.26 Å². The number of hydrogen-bond donors (Lipinski definition) is 1. The van der Waals surface area contributed by atoms with Crippen LogP contribution in [-0.2, 0) is 0 Å². The Labute approximate surface area is 178 Å². The van der Waals surface area contributed by atoms with Crippen molar-refractivity contribution in [1.82, 2.24) is 0 Å². The lowest BCUT2D eigenvalue weighted by Gasteiger charge is -2.17. The van der Waals surface area contributed by atoms with Crippen molar-refractivity contribution in [1.29, 1.82) is 10.7 Å². The highest BCUT2D eigenvalue weighted by Crippen LogP contribution is 2.32. The highest BCUT2D eigenvalue weighted by atomic mass is 15.1. The minimum absolute atomic E-state index is 0.224. The second kappa shape index (κ2) is 9.05. The number of nitriles is 1. The summed E-state index contributed by atoms with van der Waals surface area (Å²) in [6, 6.07) is 18.2. The molecule has 0 amide bonds. The van der Waals surface area contributed by atoms with Crippen LogP contribution in [0.4, 0.5) is 5.69 Å². The summed E-state index contributed by atoms with van der Waals surface area (Å²) in [6.07, 6.45) is 8.45. The number of hydrogen-bond acceptors (Lipinski definition) is 3. The fourth-order valence-corrected chi connectivity index (χ4v) is 3.35. The fourth-order valence-electron chi connectivity index (χ4n) is 3.35. The number of rotatable bonds is 4. The predicted octanol–water partition coefficient (Wildman–Crippen LogP) is 4.55. The van der Waals surface area contributed by atoms with Crippen LogP contribution in [0.1, 0.15) is 16.7 Å². The SMILES string of the molecule is CN(C)c1ccc(C(=C2C=CC(=[N+](C)C)C=C2)c2cccc(C(=C=N)C#N)c2)cc1. The van der Waals surface area contributed by atoms with Crippen LogP contribution >= 0.6 is 0 Å². The molecule has 2 aromatic rings. The van der Waals surface area contributed by atoms with Crippen molar-refractivity contribution in [3.63, 3.8) is 0 Å². The van der Waals surface area contributed by atoms with Crippen molar-refractivity contribution < 1.29 is 4.58 Å². The highest BCUT2D eigenvalue weighted by molar-refractivity contribution is 6.04. The minimum Gasteiger partial charge on any atom is -0.378 e. The van der Waals surface area contributed by atoms with Gasteiger partial charge in [-0.1, -0.05) is 30.3 Å². The van der Waals surface area contributed by atoms with E-state index in [9.17, 15) is 5.26 Å². The molecule has 4 heteroatoms. The summed E-state index contributed by atoms with van der Waals surface area (Å²) in [5.74, 6) is 2.24. The van der Waals surface area contributed by atoms with Gasteiger partial charge in [0.25, 0.3) is 0 Å². The van der Waals surface area contributed by atoms with Gasteiger partial charge in [0.15, 0.2) is 5.71 Å². The number of nitrogens with one attached hydrogen (secondary N) is 1. The van der Waals surface area contributed by atoms with Gasteiger partial charge >= 0.3 is 0 Å². The first-order chi connectivity index (χ1) is 14.4. The standard InChI is InChI=1S/C26H25N4/c1-29(2)24-12-8-19(9-13-24)26(20-10-14-25(15-11-20)30(3)4)22-7-5-6-21(16-22)23(17-27)18-28/h5-16,27H,1-4H3/q+1. The van der Waals surface area contributed by atoms with Gasteiger partial charge in [-0.3, -0.25) is 5.41 Å². The molecular formula is C26H25N4+. The molecule has 0 atom stereocenters. The van der Waals surface area contributed by atoms with Crippen LogP contribution in [0.15, 0.2) is 78.4 Å². The van der Waals surface area contributed by atoms with E-state index in [-0.39, 0.29) is 5.57 Å². The van der Waals surface area contributed by atoms with Crippen LogP contribution in [0.5, 0.6) is 0 Å². The average molecular weight is 394 g/mol. The lowest BCUT2D eigenvalue weighted by Crippen LogP contribution is -2.10. The summed E-state index contributed by atoms with van der Waals surface area (Å²) < 4.78 is 2.07. The molecule has 0 radical (unpaired) electrons. The molecule has 1 aliphatic rings. The van der Waals surface area contributed by atoms with Crippen LogP contribution in [0.3, 0.4) is 0 Å². The van der Waals surface area contributed by atoms with Crippen LogP contribution in [0, 0.1) is 16.7 Å². The molecule has 0 aliphatic heterocycles. The van der Waals surface area contributed by atoms with E-state index in [4.69, 9.17) is 5.41 Å². The Morgan fingerprint density at radius 1 is 0.900 bits per heavy atom. The van der Waals surface area contributed by atoms with E-state index in [0.717, 1.165) is 33.7 Å². The van der Waals surface area contributed by atoms with Gasteiger partial charge in [-0.05, 0) is 58.5 Å². The van der Waals surface area contributed by atoms with Crippen molar-refractivity contribution in [3.8, 4) is 6.07 Å². The zero-order valence-electron chi connectivity index (χ0n) is 17.8. The van der Waals surface area contributed by atoms with Gasteiger partial charge in [0.1, 0.15) is 25.7 Å². The Balaban J connectivity index is 2.21. The Morgan fingerprint density at radius 3 is 2.07 bits per heavy atom. The molecule has 4 nitrogen and oxygen atoms in total. The van der Waals surface area contributed by atoms with E-state index < -0.39 is 0 Å². The quantitative estimate of drug-likeness (QED) is 0.471. The van der Waals surface area contributed by atoms with Crippen molar-refractivity contribution in [2.45, 2.75) is 0 Å². The highest BCUT2D eigenvalue weighted by Gasteiger charge is 2.14. The maximum absolute atomic E-state index is 9.32. The largest absolute Gasteiger partial charge is 0.378 e. The molecule has 0 spiro atoms. The predicted molar refractivity (Wildman–Crippen MR) is 125 cm³/mol. The Bertz CT molecular complexity index is 1150. The maximum Gasteiger partial charge on any atom is 0.199 e. The van der Waals surface area contributed by atoms with Crippen molar-refractivity contribution in [3.05, 3.63) is 95.1 Å². The summed E-state index contributed by atoms with van der Waals surface area (Å²) in [7, 11) is 8.10. The van der Waals surface area contributed by atoms with Gasteiger partial charge in [-0.15, -0.1) is 0 Å². The average Bonchev–Trinajstić information content (AvgIpc) is 2.76. The molecule has 0 aromatic heterocycles. The van der Waals surface area contributed by atoms with E-state index >= 15 is 0 Å². The van der Waals surface area contributed by atoms with E-state index in [1.54, 1.807) is 0 Å². The van der Waals surface area contributed by atoms with Crippen molar-refractivity contribution in [2.24, 2.45) is 0 Å². The van der Waals surface area contributed by atoms with Gasteiger partial charge in [0, 0.05) is 37.5 Å². The van der Waals surface area contributed by atoms with E-state index in [0.29, 0.717) is 5.56 Å². The number of anilines is 1. The molecular weight excluding hydrogens is 368 g/mol. The zero-order chi connectivity index (χ0) is 21.7. The third kappa shape index (κ3) is 4.38. The molecule has 0 saturated heterocycles.